The lowest BCUT2D eigenvalue weighted by atomic mass is 10.4. The first kappa shape index (κ1) is 16.6. The Hall–Kier alpha value is -1.73. The highest BCUT2D eigenvalue weighted by atomic mass is 33.2. The van der Waals surface area contributed by atoms with E-state index in [2.05, 4.69) is 6.58 Å². The molecule has 7 heteroatoms. The summed E-state index contributed by atoms with van der Waals surface area (Å²) in [6.45, 7) is 3.42. The molecule has 0 fully saturated rings. The molecule has 2 rings (SSSR count). The van der Waals surface area contributed by atoms with Crippen molar-refractivity contribution in [2.45, 2.75) is 15.3 Å². The molecule has 0 spiro atoms. The van der Waals surface area contributed by atoms with E-state index in [0.29, 0.717) is 0 Å². The summed E-state index contributed by atoms with van der Waals surface area (Å²) in [5, 5.41) is 0.917. The lowest BCUT2D eigenvalue weighted by molar-refractivity contribution is -0.0411. The Morgan fingerprint density at radius 2 is 1.18 bits per heavy atom. The van der Waals surface area contributed by atoms with Crippen LogP contribution >= 0.6 is 9.06 Å². The molecule has 0 radical (unpaired) electrons. The van der Waals surface area contributed by atoms with Crippen LogP contribution in [-0.4, -0.2) is 13.9 Å². The molecule has 2 aromatic carbocycles. The highest BCUT2D eigenvalue weighted by Gasteiger charge is 2.57. The zero-order chi connectivity index (χ0) is 16.4. The fourth-order valence-electron chi connectivity index (χ4n) is 2.07. The number of benzene rings is 2. The van der Waals surface area contributed by atoms with Crippen LogP contribution in [0, 0.1) is 0 Å². The fourth-order valence-corrected chi connectivity index (χ4v) is 8.45. The van der Waals surface area contributed by atoms with E-state index in [1.165, 1.54) is 48.5 Å². The highest BCUT2D eigenvalue weighted by Crippen LogP contribution is 2.71. The van der Waals surface area contributed by atoms with Gasteiger partial charge in [-0.3, -0.25) is 0 Å². The first-order valence-corrected chi connectivity index (χ1v) is 9.84. The van der Waals surface area contributed by atoms with Gasteiger partial charge >= 0.3 is 5.51 Å². The van der Waals surface area contributed by atoms with Crippen molar-refractivity contribution in [2.75, 3.05) is 0 Å². The molecule has 2 aromatic rings. The Morgan fingerprint density at radius 1 is 0.818 bits per heavy atom. The summed E-state index contributed by atoms with van der Waals surface area (Å²) in [6, 6.07) is 14.8. The Kier molecular flexibility index (Phi) is 4.39. The van der Waals surface area contributed by atoms with Crippen molar-refractivity contribution in [1.82, 2.24) is 0 Å². The summed E-state index contributed by atoms with van der Waals surface area (Å²) >= 11 is 0. The zero-order valence-corrected chi connectivity index (χ0v) is 13.0. The molecular formula is C15H13F3O2S2. The Morgan fingerprint density at radius 3 is 1.45 bits per heavy atom. The second-order valence-corrected chi connectivity index (χ2v) is 11.0. The lowest BCUT2D eigenvalue weighted by Gasteiger charge is -2.36. The average molecular weight is 346 g/mol. The molecule has 0 bridgehead atoms. The van der Waals surface area contributed by atoms with Crippen LogP contribution < -0.4 is 0 Å². The largest absolute Gasteiger partial charge is 0.506 e. The van der Waals surface area contributed by atoms with Crippen LogP contribution in [0.4, 0.5) is 13.2 Å². The van der Waals surface area contributed by atoms with Crippen molar-refractivity contribution in [1.29, 1.82) is 0 Å². The minimum atomic E-state index is -5.49. The van der Waals surface area contributed by atoms with E-state index in [4.69, 9.17) is 0 Å². The summed E-state index contributed by atoms with van der Waals surface area (Å²) in [5.74, 6) is 0. The standard InChI is InChI=1S/C15H13F3O2S2/c1-2-21(13-9-5-3-6-10-13,14-11-7-4-8-12-14)22(19,20)15(16,17)18/h2-12H,1H2. The third kappa shape index (κ3) is 2.44. The maximum Gasteiger partial charge on any atom is 0.506 e. The van der Waals surface area contributed by atoms with Crippen molar-refractivity contribution in [2.24, 2.45) is 0 Å². The number of hydrogen-bond donors (Lipinski definition) is 0. The van der Waals surface area contributed by atoms with Gasteiger partial charge in [-0.25, -0.2) is 8.42 Å². The van der Waals surface area contributed by atoms with E-state index in [1.54, 1.807) is 12.1 Å². The SMILES string of the molecule is C=CS(c1ccccc1)(c1ccccc1)S(=O)(=O)C(F)(F)F. The van der Waals surface area contributed by atoms with Crippen LogP contribution in [0.2, 0.25) is 0 Å². The van der Waals surface area contributed by atoms with Gasteiger partial charge in [0.25, 0.3) is 8.87 Å². The van der Waals surface area contributed by atoms with Crippen LogP contribution in [0.5, 0.6) is 0 Å². The van der Waals surface area contributed by atoms with E-state index in [0.717, 1.165) is 5.41 Å². The van der Waals surface area contributed by atoms with Gasteiger partial charge in [0.1, 0.15) is 0 Å². The molecule has 118 valence electrons. The van der Waals surface area contributed by atoms with Gasteiger partial charge in [0.05, 0.1) is 0 Å². The number of alkyl halides is 3. The third-order valence-corrected chi connectivity index (χ3v) is 10.9. The van der Waals surface area contributed by atoms with Gasteiger partial charge in [-0.05, 0) is 29.7 Å². The molecule has 0 aliphatic heterocycles. The molecule has 0 aliphatic rings. The molecule has 0 unspecified atom stereocenters. The maximum absolute atomic E-state index is 13.3. The Bertz CT molecular complexity index is 715. The average Bonchev–Trinajstić information content (AvgIpc) is 2.49. The molecule has 0 N–H and O–H groups in total. The predicted octanol–water partition coefficient (Wildman–Crippen LogP) is 4.90. The molecule has 0 atom stereocenters. The molecule has 0 amide bonds. The van der Waals surface area contributed by atoms with Gasteiger partial charge in [-0.1, -0.05) is 52.0 Å². The molecule has 2 nitrogen and oxygen atoms in total. The molecule has 0 heterocycles. The van der Waals surface area contributed by atoms with Crippen molar-refractivity contribution >= 4 is 17.9 Å². The van der Waals surface area contributed by atoms with Gasteiger partial charge in [0.2, 0.25) is 0 Å². The second kappa shape index (κ2) is 5.81. The van der Waals surface area contributed by atoms with Crippen LogP contribution in [-0.2, 0) is 8.87 Å². The first-order chi connectivity index (χ1) is 10.3. The third-order valence-electron chi connectivity index (χ3n) is 3.05. The summed E-state index contributed by atoms with van der Waals surface area (Å²) in [6.07, 6.45) is 0. The summed E-state index contributed by atoms with van der Waals surface area (Å²) < 4.78 is 64.5. The van der Waals surface area contributed by atoms with E-state index < -0.39 is 23.4 Å². The monoisotopic (exact) mass is 346 g/mol. The summed E-state index contributed by atoms with van der Waals surface area (Å²) in [7, 11) is -9.01. The van der Waals surface area contributed by atoms with Crippen LogP contribution in [0.25, 0.3) is 0 Å². The highest BCUT2D eigenvalue weighted by molar-refractivity contribution is 8.91. The van der Waals surface area contributed by atoms with E-state index >= 15 is 0 Å². The predicted molar refractivity (Wildman–Crippen MR) is 82.2 cm³/mol. The van der Waals surface area contributed by atoms with Crippen LogP contribution in [0.1, 0.15) is 0 Å². The molecular weight excluding hydrogens is 333 g/mol. The topological polar surface area (TPSA) is 34.1 Å². The zero-order valence-electron chi connectivity index (χ0n) is 11.3. The number of halogens is 3. The first-order valence-electron chi connectivity index (χ1n) is 6.14. The van der Waals surface area contributed by atoms with Crippen LogP contribution in [0.3, 0.4) is 0 Å². The molecule has 0 saturated heterocycles. The van der Waals surface area contributed by atoms with Crippen molar-refractivity contribution in [3.05, 3.63) is 72.7 Å². The van der Waals surface area contributed by atoms with Crippen molar-refractivity contribution < 1.29 is 21.6 Å². The molecule has 0 aromatic heterocycles. The Labute approximate surface area is 127 Å². The Balaban J connectivity index is 2.90. The van der Waals surface area contributed by atoms with Gasteiger partial charge in [-0.15, -0.1) is 0 Å². The molecule has 22 heavy (non-hydrogen) atoms. The molecule has 0 saturated carbocycles. The minimum absolute atomic E-state index is 0.0773. The maximum atomic E-state index is 13.3. The smallest absolute Gasteiger partial charge is 0.209 e. The van der Waals surface area contributed by atoms with Gasteiger partial charge in [-0.2, -0.15) is 13.2 Å². The molecule has 0 aliphatic carbocycles. The summed E-state index contributed by atoms with van der Waals surface area (Å²) in [4.78, 5) is 0.155. The van der Waals surface area contributed by atoms with Crippen molar-refractivity contribution in [3.63, 3.8) is 0 Å². The second-order valence-electron chi connectivity index (χ2n) is 4.29. The van der Waals surface area contributed by atoms with Gasteiger partial charge in [0.15, 0.2) is 0 Å². The van der Waals surface area contributed by atoms with Crippen molar-refractivity contribution in [3.8, 4) is 0 Å². The van der Waals surface area contributed by atoms with Crippen LogP contribution in [0.15, 0.2) is 82.4 Å². The quantitative estimate of drug-likeness (QED) is 0.738. The fraction of sp³-hybridized carbons (Fsp3) is 0.0667. The van der Waals surface area contributed by atoms with Gasteiger partial charge in [0, 0.05) is 9.79 Å². The van der Waals surface area contributed by atoms with E-state index in [1.807, 2.05) is 0 Å². The normalized spacial score (nSPS) is 13.6. The van der Waals surface area contributed by atoms with Gasteiger partial charge < -0.3 is 0 Å². The number of hydrogen-bond acceptors (Lipinski definition) is 2. The van der Waals surface area contributed by atoms with E-state index in [9.17, 15) is 21.6 Å². The number of rotatable bonds is 4. The lowest BCUT2D eigenvalue weighted by Crippen LogP contribution is -2.28. The minimum Gasteiger partial charge on any atom is -0.209 e. The summed E-state index contributed by atoms with van der Waals surface area (Å²) in [5.41, 5.74) is -5.37. The van der Waals surface area contributed by atoms with E-state index in [-0.39, 0.29) is 9.79 Å².